The second kappa shape index (κ2) is 5.85. The first-order valence-corrected chi connectivity index (χ1v) is 9.68. The van der Waals surface area contributed by atoms with E-state index in [1.807, 2.05) is 18.2 Å². The predicted molar refractivity (Wildman–Crippen MR) is 119 cm³/mol. The molecule has 0 aliphatic heterocycles. The predicted octanol–water partition coefficient (Wildman–Crippen LogP) is 8.21. The normalized spacial score (nSPS) is 11.8. The highest BCUT2D eigenvalue weighted by atomic mass is 35.5. The van der Waals surface area contributed by atoms with Crippen molar-refractivity contribution in [1.29, 1.82) is 0 Å². The van der Waals surface area contributed by atoms with Gasteiger partial charge in [-0.05, 0) is 57.6 Å². The fraction of sp³-hybridized carbons (Fsp3) is 0. The van der Waals surface area contributed by atoms with Crippen molar-refractivity contribution in [2.75, 3.05) is 0 Å². The Morgan fingerprint density at radius 2 is 1.36 bits per heavy atom. The van der Waals surface area contributed by atoms with Crippen molar-refractivity contribution in [3.05, 3.63) is 96.0 Å². The lowest BCUT2D eigenvalue weighted by Gasteiger charge is -2.09. The molecule has 0 saturated heterocycles. The summed E-state index contributed by atoms with van der Waals surface area (Å²) in [5.74, 6) is 0. The zero-order valence-corrected chi connectivity index (χ0v) is 15.7. The van der Waals surface area contributed by atoms with Gasteiger partial charge in [-0.15, -0.1) is 0 Å². The maximum absolute atomic E-state index is 6.27. The average Bonchev–Trinajstić information content (AvgIpc) is 3.11. The molecule has 2 heteroatoms. The lowest BCUT2D eigenvalue weighted by atomic mass is 9.94. The molecule has 0 bridgehead atoms. The minimum absolute atomic E-state index is 0.718. The van der Waals surface area contributed by atoms with Gasteiger partial charge in [0.1, 0.15) is 11.2 Å². The van der Waals surface area contributed by atoms with E-state index in [2.05, 4.69) is 72.8 Å². The number of hydrogen-bond acceptors (Lipinski definition) is 1. The van der Waals surface area contributed by atoms with E-state index >= 15 is 0 Å². The Labute approximate surface area is 166 Å². The largest absolute Gasteiger partial charge is 0.455 e. The molecule has 5 aromatic carbocycles. The monoisotopic (exact) mass is 378 g/mol. The third-order valence-corrected chi connectivity index (χ3v) is 5.73. The Kier molecular flexibility index (Phi) is 3.29. The number of halogens is 1. The summed E-state index contributed by atoms with van der Waals surface area (Å²) in [7, 11) is 0. The van der Waals surface area contributed by atoms with Crippen LogP contribution in [0, 0.1) is 0 Å². The van der Waals surface area contributed by atoms with Gasteiger partial charge in [-0.1, -0.05) is 72.3 Å². The van der Waals surface area contributed by atoms with E-state index in [-0.39, 0.29) is 0 Å². The van der Waals surface area contributed by atoms with Gasteiger partial charge in [0.2, 0.25) is 0 Å². The molecular weight excluding hydrogens is 364 g/mol. The van der Waals surface area contributed by atoms with E-state index < -0.39 is 0 Å². The van der Waals surface area contributed by atoms with Crippen LogP contribution in [0.3, 0.4) is 0 Å². The van der Waals surface area contributed by atoms with E-state index in [0.717, 1.165) is 32.3 Å². The minimum Gasteiger partial charge on any atom is -0.455 e. The molecule has 0 saturated carbocycles. The molecule has 0 aliphatic rings. The van der Waals surface area contributed by atoms with Crippen LogP contribution in [0.1, 0.15) is 0 Å². The van der Waals surface area contributed by atoms with Gasteiger partial charge in [0, 0.05) is 21.2 Å². The quantitative estimate of drug-likeness (QED) is 0.281. The second-order valence-corrected chi connectivity index (χ2v) is 7.59. The fourth-order valence-corrected chi connectivity index (χ4v) is 4.34. The number of hydrogen-bond donors (Lipinski definition) is 0. The summed E-state index contributed by atoms with van der Waals surface area (Å²) in [6.07, 6.45) is 0. The molecule has 0 fully saturated rings. The van der Waals surface area contributed by atoms with Crippen LogP contribution in [-0.4, -0.2) is 0 Å². The van der Waals surface area contributed by atoms with Crippen LogP contribution in [0.4, 0.5) is 0 Å². The lowest BCUT2D eigenvalue weighted by molar-refractivity contribution is 0.672. The van der Waals surface area contributed by atoms with E-state index in [1.54, 1.807) is 0 Å². The van der Waals surface area contributed by atoms with Crippen LogP contribution in [0.2, 0.25) is 5.02 Å². The maximum atomic E-state index is 6.27. The summed E-state index contributed by atoms with van der Waals surface area (Å²) in [5, 5.41) is 7.66. The Balaban J connectivity index is 1.76. The number of furan rings is 1. The SMILES string of the molecule is Clc1ccc2oc3c4ccccc4c(-c4ccc5ccccc5c4)cc3c2c1. The van der Waals surface area contributed by atoms with Crippen LogP contribution in [-0.2, 0) is 0 Å². The Morgan fingerprint density at radius 1 is 0.571 bits per heavy atom. The van der Waals surface area contributed by atoms with Crippen molar-refractivity contribution < 1.29 is 4.42 Å². The fourth-order valence-electron chi connectivity index (χ4n) is 4.17. The minimum atomic E-state index is 0.718. The van der Waals surface area contributed by atoms with Gasteiger partial charge < -0.3 is 4.42 Å². The van der Waals surface area contributed by atoms with Gasteiger partial charge in [0.15, 0.2) is 0 Å². The van der Waals surface area contributed by atoms with Gasteiger partial charge in [-0.2, -0.15) is 0 Å². The molecule has 0 aliphatic carbocycles. The Morgan fingerprint density at radius 3 is 2.25 bits per heavy atom. The van der Waals surface area contributed by atoms with Gasteiger partial charge in [-0.3, -0.25) is 0 Å². The molecule has 6 rings (SSSR count). The first kappa shape index (κ1) is 15.7. The van der Waals surface area contributed by atoms with E-state index in [1.165, 1.54) is 27.3 Å². The molecule has 0 radical (unpaired) electrons. The molecule has 28 heavy (non-hydrogen) atoms. The summed E-state index contributed by atoms with van der Waals surface area (Å²) < 4.78 is 6.22. The highest BCUT2D eigenvalue weighted by Gasteiger charge is 2.15. The Bertz CT molecular complexity index is 1520. The molecule has 1 aromatic heterocycles. The zero-order valence-electron chi connectivity index (χ0n) is 14.9. The van der Waals surface area contributed by atoms with Crippen molar-refractivity contribution in [2.24, 2.45) is 0 Å². The molecule has 0 amide bonds. The van der Waals surface area contributed by atoms with Crippen LogP contribution in [0.15, 0.2) is 95.4 Å². The molecule has 0 spiro atoms. The standard InChI is InChI=1S/C26H15ClO/c27-19-11-12-25-23(14-19)24-15-22(20-7-3-4-8-21(20)26(24)28-25)18-10-9-16-5-1-2-6-17(16)13-18/h1-15H. The first-order chi connectivity index (χ1) is 13.8. The van der Waals surface area contributed by atoms with Gasteiger partial charge in [-0.25, -0.2) is 0 Å². The summed E-state index contributed by atoms with van der Waals surface area (Å²) in [6.45, 7) is 0. The number of benzene rings is 5. The smallest absolute Gasteiger partial charge is 0.143 e. The third-order valence-electron chi connectivity index (χ3n) is 5.50. The third kappa shape index (κ3) is 2.27. The summed E-state index contributed by atoms with van der Waals surface area (Å²) in [6, 6.07) is 31.6. The van der Waals surface area contributed by atoms with Crippen molar-refractivity contribution >= 4 is 55.1 Å². The summed E-state index contributed by atoms with van der Waals surface area (Å²) in [5.41, 5.74) is 4.18. The maximum Gasteiger partial charge on any atom is 0.143 e. The van der Waals surface area contributed by atoms with Crippen LogP contribution in [0.5, 0.6) is 0 Å². The van der Waals surface area contributed by atoms with Crippen molar-refractivity contribution in [3.8, 4) is 11.1 Å². The van der Waals surface area contributed by atoms with E-state index in [9.17, 15) is 0 Å². The second-order valence-electron chi connectivity index (χ2n) is 7.15. The lowest BCUT2D eigenvalue weighted by Crippen LogP contribution is -1.83. The molecular formula is C26H15ClO. The van der Waals surface area contributed by atoms with Crippen LogP contribution in [0.25, 0.3) is 54.6 Å². The molecule has 132 valence electrons. The van der Waals surface area contributed by atoms with Gasteiger partial charge in [0.25, 0.3) is 0 Å². The van der Waals surface area contributed by atoms with Crippen LogP contribution >= 0.6 is 11.6 Å². The molecule has 0 unspecified atom stereocenters. The van der Waals surface area contributed by atoms with Crippen LogP contribution < -0.4 is 0 Å². The molecule has 6 aromatic rings. The summed E-state index contributed by atoms with van der Waals surface area (Å²) >= 11 is 6.27. The van der Waals surface area contributed by atoms with Gasteiger partial charge >= 0.3 is 0 Å². The molecule has 0 N–H and O–H groups in total. The molecule has 1 heterocycles. The first-order valence-electron chi connectivity index (χ1n) is 9.31. The molecule has 0 atom stereocenters. The van der Waals surface area contributed by atoms with Gasteiger partial charge in [0.05, 0.1) is 0 Å². The van der Waals surface area contributed by atoms with E-state index in [0.29, 0.717) is 0 Å². The van der Waals surface area contributed by atoms with E-state index in [4.69, 9.17) is 16.0 Å². The van der Waals surface area contributed by atoms with Crippen molar-refractivity contribution in [2.45, 2.75) is 0 Å². The highest BCUT2D eigenvalue weighted by Crippen LogP contribution is 2.40. The average molecular weight is 379 g/mol. The van der Waals surface area contributed by atoms with Crippen molar-refractivity contribution in [3.63, 3.8) is 0 Å². The summed E-state index contributed by atoms with van der Waals surface area (Å²) in [4.78, 5) is 0. The highest BCUT2D eigenvalue weighted by molar-refractivity contribution is 6.32. The number of rotatable bonds is 1. The molecule has 1 nitrogen and oxygen atoms in total. The Hall–Kier alpha value is -3.29. The zero-order chi connectivity index (χ0) is 18.7. The number of fused-ring (bicyclic) bond motifs is 6. The van der Waals surface area contributed by atoms with Crippen molar-refractivity contribution in [1.82, 2.24) is 0 Å². The topological polar surface area (TPSA) is 13.1 Å².